The van der Waals surface area contributed by atoms with Crippen LogP contribution >= 0.6 is 0 Å². The molecule has 0 bridgehead atoms. The van der Waals surface area contributed by atoms with Crippen molar-refractivity contribution in [3.05, 3.63) is 72.8 Å². The molecule has 0 saturated carbocycles. The normalized spacial score (nSPS) is 10.9. The van der Waals surface area contributed by atoms with Gasteiger partial charge in [-0.1, -0.05) is 72.8 Å². The first-order valence-electron chi connectivity index (χ1n) is 6.98. The fourth-order valence-electron chi connectivity index (χ4n) is 3.58. The van der Waals surface area contributed by atoms with Gasteiger partial charge in [-0.25, -0.2) is 0 Å². The molecule has 0 aliphatic rings. The molecule has 0 aromatic heterocycles. The zero-order valence-electron chi connectivity index (χ0n) is 11.6. The van der Waals surface area contributed by atoms with Crippen molar-refractivity contribution in [1.29, 1.82) is 0 Å². The van der Waals surface area contributed by atoms with E-state index >= 15 is 0 Å². The van der Waals surface area contributed by atoms with E-state index in [1.807, 2.05) is 0 Å². The van der Waals surface area contributed by atoms with Crippen LogP contribution in [-0.4, -0.2) is 8.41 Å². The second-order valence-corrected chi connectivity index (χ2v) is 5.42. The molecule has 0 saturated heterocycles. The minimum atomic E-state index is 0. The Kier molecular flexibility index (Phi) is 3.27. The summed E-state index contributed by atoms with van der Waals surface area (Å²) in [6.45, 7) is 0. The highest BCUT2D eigenvalue weighted by molar-refractivity contribution is 6.32. The summed E-state index contributed by atoms with van der Waals surface area (Å²) in [6.07, 6.45) is 0. The van der Waals surface area contributed by atoms with Gasteiger partial charge in [-0.2, -0.15) is 0 Å². The molecule has 0 spiro atoms. The minimum absolute atomic E-state index is 0. The number of benzene rings is 5. The van der Waals surface area contributed by atoms with Crippen LogP contribution in [0.2, 0.25) is 0 Å². The van der Waals surface area contributed by atoms with Crippen LogP contribution < -0.4 is 6.15 Å². The van der Waals surface area contributed by atoms with Gasteiger partial charge in [-0.05, 0) is 43.1 Å². The van der Waals surface area contributed by atoms with Gasteiger partial charge >= 0.3 is 0 Å². The molecule has 0 atom stereocenters. The fraction of sp³-hybridized carbons (Fsp3) is 0. The Morgan fingerprint density at radius 1 is 0.409 bits per heavy atom. The van der Waals surface area contributed by atoms with Crippen molar-refractivity contribution in [2.45, 2.75) is 0 Å². The van der Waals surface area contributed by atoms with Crippen LogP contribution in [0.15, 0.2) is 72.8 Å². The molecule has 0 heterocycles. The summed E-state index contributed by atoms with van der Waals surface area (Å²) in [5.74, 6) is 0. The fourth-order valence-corrected chi connectivity index (χ4v) is 3.58. The summed E-state index contributed by atoms with van der Waals surface area (Å²) in [4.78, 5) is 0. The predicted octanol–water partition coefficient (Wildman–Crippen LogP) is 4.72. The number of fused-ring (bicyclic) bond motifs is 2. The van der Waals surface area contributed by atoms with Crippen LogP contribution in [-0.2, 0) is 0 Å². The first kappa shape index (κ1) is 14.4. The number of hydrogen-bond acceptors (Lipinski definition) is 1. The van der Waals surface area contributed by atoms with E-state index in [-0.39, 0.29) is 14.6 Å². The molecule has 0 radical (unpaired) electrons. The summed E-state index contributed by atoms with van der Waals surface area (Å²) >= 11 is 0. The van der Waals surface area contributed by atoms with Gasteiger partial charge in [-0.3, -0.25) is 0 Å². The van der Waals surface area contributed by atoms with Crippen molar-refractivity contribution in [3.63, 3.8) is 0 Å². The molecular weight excluding hydrogens is 265 g/mol. The van der Waals surface area contributed by atoms with Gasteiger partial charge < -0.3 is 6.15 Å². The van der Waals surface area contributed by atoms with Gasteiger partial charge in [0, 0.05) is 0 Å². The second kappa shape index (κ2) is 5.01. The van der Waals surface area contributed by atoms with Crippen LogP contribution in [0.1, 0.15) is 0 Å². The van der Waals surface area contributed by atoms with E-state index in [0.29, 0.717) is 0 Å². The third kappa shape index (κ3) is 1.65. The molecule has 0 amide bonds. The maximum atomic E-state index is 2.25. The molecule has 5 rings (SSSR count). The van der Waals surface area contributed by atoms with Gasteiger partial charge in [0.1, 0.15) is 0 Å². The van der Waals surface area contributed by atoms with E-state index in [9.17, 15) is 0 Å². The molecule has 2 heteroatoms. The van der Waals surface area contributed by atoms with Crippen LogP contribution in [0.5, 0.6) is 0 Å². The van der Waals surface area contributed by atoms with Crippen molar-refractivity contribution in [3.8, 4) is 0 Å². The Bertz CT molecular complexity index is 929. The summed E-state index contributed by atoms with van der Waals surface area (Å²) < 4.78 is 0. The molecule has 0 aliphatic carbocycles. The summed E-state index contributed by atoms with van der Waals surface area (Å²) in [5, 5.41) is 10.9. The van der Waals surface area contributed by atoms with Crippen LogP contribution in [0.3, 0.4) is 0 Å². The van der Waals surface area contributed by atoms with Crippen molar-refractivity contribution in [2.75, 3.05) is 0 Å². The van der Waals surface area contributed by atoms with Gasteiger partial charge in [-0.15, -0.1) is 0 Å². The second-order valence-electron chi connectivity index (χ2n) is 5.42. The molecule has 5 aromatic carbocycles. The zero-order chi connectivity index (χ0) is 13.1. The van der Waals surface area contributed by atoms with Crippen molar-refractivity contribution < 1.29 is 0 Å². The third-order valence-corrected chi connectivity index (χ3v) is 4.39. The molecule has 0 fully saturated rings. The lowest BCUT2D eigenvalue weighted by atomic mass is 9.90. The van der Waals surface area contributed by atoms with Crippen LogP contribution in [0.25, 0.3) is 43.1 Å². The standard InChI is InChI=1S/C20H12.BH3.H3N/c1-5-13-6-2-11-17-18-12-4-8-14-7-3-10-16(20(14)18)15(9-1)19(13)17;;/h1-12H;2*1H3. The SMILES string of the molecule is B.N.c1cc2cccc3c4cccc5cccc(c(c1)c23)c54. The van der Waals surface area contributed by atoms with E-state index in [2.05, 4.69) is 72.8 Å². The monoisotopic (exact) mass is 283 g/mol. The Morgan fingerprint density at radius 3 is 0.955 bits per heavy atom. The van der Waals surface area contributed by atoms with Crippen LogP contribution in [0, 0.1) is 0 Å². The third-order valence-electron chi connectivity index (χ3n) is 4.39. The van der Waals surface area contributed by atoms with E-state index in [0.717, 1.165) is 0 Å². The molecule has 3 N–H and O–H groups in total. The van der Waals surface area contributed by atoms with E-state index < -0.39 is 0 Å². The topological polar surface area (TPSA) is 35.0 Å². The predicted molar refractivity (Wildman–Crippen MR) is 103 cm³/mol. The van der Waals surface area contributed by atoms with Crippen molar-refractivity contribution in [2.24, 2.45) is 0 Å². The first-order chi connectivity index (χ1) is 9.93. The van der Waals surface area contributed by atoms with E-state index in [1.165, 1.54) is 43.1 Å². The molecule has 1 nitrogen and oxygen atoms in total. The maximum Gasteiger partial charge on any atom is 0.0814 e. The molecule has 22 heavy (non-hydrogen) atoms. The molecule has 106 valence electrons. The van der Waals surface area contributed by atoms with Crippen LogP contribution in [0.4, 0.5) is 0 Å². The smallest absolute Gasteiger partial charge is 0.0814 e. The van der Waals surface area contributed by atoms with Crippen molar-refractivity contribution >= 4 is 51.5 Å². The highest BCUT2D eigenvalue weighted by Gasteiger charge is 2.11. The summed E-state index contributed by atoms with van der Waals surface area (Å²) in [6, 6.07) is 26.4. The highest BCUT2D eigenvalue weighted by atomic mass is 14.1. The summed E-state index contributed by atoms with van der Waals surface area (Å²) in [7, 11) is 0. The van der Waals surface area contributed by atoms with Crippen molar-refractivity contribution in [1.82, 2.24) is 6.15 Å². The van der Waals surface area contributed by atoms with E-state index in [4.69, 9.17) is 0 Å². The lowest BCUT2D eigenvalue weighted by molar-refractivity contribution is 1.78. The maximum absolute atomic E-state index is 2.25. The van der Waals surface area contributed by atoms with Gasteiger partial charge in [0.05, 0.1) is 8.41 Å². The Hall–Kier alpha value is -2.58. The van der Waals surface area contributed by atoms with Gasteiger partial charge in [0.15, 0.2) is 0 Å². The molecule has 0 unspecified atom stereocenters. The number of rotatable bonds is 0. The van der Waals surface area contributed by atoms with E-state index in [1.54, 1.807) is 0 Å². The molecule has 5 aromatic rings. The average Bonchev–Trinajstić information content (AvgIpc) is 2.52. The molecular formula is C20H18BN. The first-order valence-corrected chi connectivity index (χ1v) is 6.98. The zero-order valence-corrected chi connectivity index (χ0v) is 11.6. The average molecular weight is 283 g/mol. The summed E-state index contributed by atoms with van der Waals surface area (Å²) in [5.41, 5.74) is 0. The lowest BCUT2D eigenvalue weighted by Crippen LogP contribution is -1.85. The Balaban J connectivity index is 0.000000720. The van der Waals surface area contributed by atoms with Gasteiger partial charge in [0.25, 0.3) is 0 Å². The van der Waals surface area contributed by atoms with Gasteiger partial charge in [0.2, 0.25) is 0 Å². The number of hydrogen-bond donors (Lipinski definition) is 1. The Morgan fingerprint density at radius 2 is 0.682 bits per heavy atom. The minimum Gasteiger partial charge on any atom is -0.344 e. The lowest BCUT2D eigenvalue weighted by Gasteiger charge is -2.13. The molecule has 0 aliphatic heterocycles. The highest BCUT2D eigenvalue weighted by Crippen LogP contribution is 2.39. The Labute approximate surface area is 131 Å². The quantitative estimate of drug-likeness (QED) is 0.249. The largest absolute Gasteiger partial charge is 0.344 e.